The van der Waals surface area contributed by atoms with Crippen LogP contribution in [0, 0.1) is 0 Å². The molecule has 1 unspecified atom stereocenters. The van der Waals surface area contributed by atoms with Crippen LogP contribution in [-0.2, 0) is 24.8 Å². The third-order valence-corrected chi connectivity index (χ3v) is 5.67. The van der Waals surface area contributed by atoms with Crippen LogP contribution in [0.3, 0.4) is 0 Å². The van der Waals surface area contributed by atoms with Gasteiger partial charge in [0.2, 0.25) is 0 Å². The molecule has 0 spiro atoms. The molecule has 152 valence electrons. The van der Waals surface area contributed by atoms with Crippen LogP contribution in [0.2, 0.25) is 0 Å². The molecule has 3 aromatic rings. The summed E-state index contributed by atoms with van der Waals surface area (Å²) < 4.78 is 12.8. The van der Waals surface area contributed by atoms with E-state index >= 15 is 0 Å². The van der Waals surface area contributed by atoms with E-state index in [1.165, 1.54) is 0 Å². The van der Waals surface area contributed by atoms with E-state index in [0.29, 0.717) is 18.0 Å². The van der Waals surface area contributed by atoms with Crippen LogP contribution in [0.25, 0.3) is 10.9 Å². The van der Waals surface area contributed by atoms with E-state index in [4.69, 9.17) is 14.6 Å². The number of nitrogens with zero attached hydrogens (tertiary/aromatic N) is 3. The lowest BCUT2D eigenvalue weighted by Gasteiger charge is -2.36. The molecule has 2 aromatic carbocycles. The van der Waals surface area contributed by atoms with Crippen LogP contribution in [0.15, 0.2) is 36.4 Å². The van der Waals surface area contributed by atoms with Gasteiger partial charge < -0.3 is 14.6 Å². The summed E-state index contributed by atoms with van der Waals surface area (Å²) in [4.78, 5) is 13.9. The minimum atomic E-state index is -0.825. The van der Waals surface area contributed by atoms with Gasteiger partial charge in [0, 0.05) is 31.6 Å². The van der Waals surface area contributed by atoms with Crippen molar-refractivity contribution in [1.29, 1.82) is 0 Å². The Labute approximate surface area is 169 Å². The normalized spacial score (nSPS) is 16.6. The highest BCUT2D eigenvalue weighted by Crippen LogP contribution is 2.40. The van der Waals surface area contributed by atoms with Crippen molar-refractivity contribution in [1.82, 2.24) is 14.7 Å². The number of ether oxygens (including phenoxy) is 2. The minimum absolute atomic E-state index is 0.0211. The molecule has 1 aliphatic heterocycles. The smallest absolute Gasteiger partial charge is 0.305 e. The summed E-state index contributed by atoms with van der Waals surface area (Å²) in [6, 6.07) is 11.7. The van der Waals surface area contributed by atoms with E-state index in [0.717, 1.165) is 40.7 Å². The maximum atomic E-state index is 11.7. The van der Waals surface area contributed by atoms with Gasteiger partial charge in [-0.1, -0.05) is 18.2 Å². The minimum Gasteiger partial charge on any atom is -0.493 e. The molecule has 0 bridgehead atoms. The van der Waals surface area contributed by atoms with Gasteiger partial charge in [0.1, 0.15) is 0 Å². The zero-order chi connectivity index (χ0) is 20.5. The largest absolute Gasteiger partial charge is 0.493 e. The molecule has 7 nitrogen and oxygen atoms in total. The van der Waals surface area contributed by atoms with Crippen molar-refractivity contribution in [3.63, 3.8) is 0 Å². The van der Waals surface area contributed by atoms with Gasteiger partial charge in [-0.05, 0) is 35.7 Å². The Morgan fingerprint density at radius 3 is 2.66 bits per heavy atom. The maximum absolute atomic E-state index is 11.7. The van der Waals surface area contributed by atoms with Crippen LogP contribution >= 0.6 is 0 Å². The first-order chi connectivity index (χ1) is 14.0. The first kappa shape index (κ1) is 19.3. The molecule has 1 aromatic heterocycles. The number of aryl methyl sites for hydroxylation is 1. The van der Waals surface area contributed by atoms with Crippen LogP contribution < -0.4 is 9.47 Å². The Morgan fingerprint density at radius 2 is 1.93 bits per heavy atom. The Hall–Kier alpha value is -3.06. The van der Waals surface area contributed by atoms with Gasteiger partial charge in [-0.3, -0.25) is 14.4 Å². The number of aliphatic carboxylic acids is 1. The highest BCUT2D eigenvalue weighted by atomic mass is 16.5. The van der Waals surface area contributed by atoms with Crippen LogP contribution in [-0.4, -0.2) is 46.5 Å². The molecule has 4 rings (SSSR count). The quantitative estimate of drug-likeness (QED) is 0.691. The fraction of sp³-hybridized carbons (Fsp3) is 0.364. The number of hydrogen-bond donors (Lipinski definition) is 1. The van der Waals surface area contributed by atoms with Gasteiger partial charge in [-0.25, -0.2) is 0 Å². The predicted molar refractivity (Wildman–Crippen MR) is 109 cm³/mol. The Bertz CT molecular complexity index is 1060. The zero-order valence-electron chi connectivity index (χ0n) is 16.9. The average Bonchev–Trinajstić information content (AvgIpc) is 3.04. The predicted octanol–water partition coefficient (Wildman–Crippen LogP) is 3.16. The number of para-hydroxylation sites is 1. The fourth-order valence-electron chi connectivity index (χ4n) is 4.27. The maximum Gasteiger partial charge on any atom is 0.305 e. The number of benzene rings is 2. The molecule has 0 aliphatic carbocycles. The van der Waals surface area contributed by atoms with Crippen molar-refractivity contribution in [2.45, 2.75) is 25.4 Å². The van der Waals surface area contributed by atoms with Crippen molar-refractivity contribution in [2.24, 2.45) is 7.05 Å². The Morgan fingerprint density at radius 1 is 1.21 bits per heavy atom. The summed E-state index contributed by atoms with van der Waals surface area (Å²) in [5.41, 5.74) is 4.12. The Balaban J connectivity index is 1.73. The Kier molecular flexibility index (Phi) is 5.15. The number of methoxy groups -OCH3 is 2. The molecule has 29 heavy (non-hydrogen) atoms. The third-order valence-electron chi connectivity index (χ3n) is 5.67. The standard InChI is InChI=1S/C22H25N3O4/c1-24-18-7-5-4-6-15(18)17(23-24)13-25-9-8-14-10-20(28-2)21(29-3)11-16(14)19(25)12-22(26)27/h4-7,10-11,19H,8-9,12-13H2,1-3H3,(H,26,27). The first-order valence-corrected chi connectivity index (χ1v) is 9.63. The molecule has 2 heterocycles. The molecule has 1 N–H and O–H groups in total. The van der Waals surface area contributed by atoms with Gasteiger partial charge >= 0.3 is 5.97 Å². The van der Waals surface area contributed by atoms with E-state index in [1.807, 2.05) is 42.1 Å². The number of fused-ring (bicyclic) bond motifs is 2. The molecular weight excluding hydrogens is 370 g/mol. The molecule has 0 saturated heterocycles. The second kappa shape index (κ2) is 7.75. The molecule has 0 radical (unpaired) electrons. The van der Waals surface area contributed by atoms with E-state index in [2.05, 4.69) is 11.0 Å². The van der Waals surface area contributed by atoms with Gasteiger partial charge in [0.15, 0.2) is 11.5 Å². The lowest BCUT2D eigenvalue weighted by Crippen LogP contribution is -2.36. The highest BCUT2D eigenvalue weighted by Gasteiger charge is 2.31. The number of carboxylic acids is 1. The van der Waals surface area contributed by atoms with E-state index in [1.54, 1.807) is 14.2 Å². The number of aromatic nitrogens is 2. The topological polar surface area (TPSA) is 76.8 Å². The van der Waals surface area contributed by atoms with Gasteiger partial charge in [-0.15, -0.1) is 0 Å². The van der Waals surface area contributed by atoms with Gasteiger partial charge in [-0.2, -0.15) is 5.10 Å². The van der Waals surface area contributed by atoms with Crippen molar-refractivity contribution >= 4 is 16.9 Å². The van der Waals surface area contributed by atoms with E-state index < -0.39 is 5.97 Å². The van der Waals surface area contributed by atoms with Gasteiger partial charge in [0.05, 0.1) is 31.9 Å². The summed E-state index contributed by atoms with van der Waals surface area (Å²) in [7, 11) is 5.14. The van der Waals surface area contributed by atoms with Crippen molar-refractivity contribution in [2.75, 3.05) is 20.8 Å². The van der Waals surface area contributed by atoms with Crippen LogP contribution in [0.4, 0.5) is 0 Å². The molecule has 1 aliphatic rings. The summed E-state index contributed by atoms with van der Waals surface area (Å²) in [6.07, 6.45) is 0.837. The molecule has 7 heteroatoms. The molecule has 0 amide bonds. The molecule has 0 fully saturated rings. The summed E-state index contributed by atoms with van der Waals surface area (Å²) in [5, 5.41) is 15.4. The molecule has 0 saturated carbocycles. The molecule has 1 atom stereocenters. The number of rotatable bonds is 6. The second-order valence-electron chi connectivity index (χ2n) is 7.33. The van der Waals surface area contributed by atoms with E-state index in [9.17, 15) is 9.90 Å². The monoisotopic (exact) mass is 395 g/mol. The second-order valence-corrected chi connectivity index (χ2v) is 7.33. The number of carboxylic acid groups (broad SMARTS) is 1. The zero-order valence-corrected chi connectivity index (χ0v) is 16.9. The van der Waals surface area contributed by atoms with Crippen molar-refractivity contribution < 1.29 is 19.4 Å². The van der Waals surface area contributed by atoms with E-state index in [-0.39, 0.29) is 12.5 Å². The van der Waals surface area contributed by atoms with Gasteiger partial charge in [0.25, 0.3) is 0 Å². The average molecular weight is 395 g/mol. The lowest BCUT2D eigenvalue weighted by atomic mass is 9.89. The van der Waals surface area contributed by atoms with Crippen molar-refractivity contribution in [3.05, 3.63) is 53.2 Å². The molecular formula is C22H25N3O4. The summed E-state index contributed by atoms with van der Waals surface area (Å²) in [6.45, 7) is 1.35. The summed E-state index contributed by atoms with van der Waals surface area (Å²) in [5.74, 6) is 0.463. The highest BCUT2D eigenvalue weighted by molar-refractivity contribution is 5.81. The SMILES string of the molecule is COc1cc2c(cc1OC)C(CC(=O)O)N(Cc1nn(C)c3ccccc13)CC2. The fourth-order valence-corrected chi connectivity index (χ4v) is 4.27. The summed E-state index contributed by atoms with van der Waals surface area (Å²) >= 11 is 0. The van der Waals surface area contributed by atoms with Crippen LogP contribution in [0.5, 0.6) is 11.5 Å². The number of hydrogen-bond acceptors (Lipinski definition) is 5. The van der Waals surface area contributed by atoms with Crippen LogP contribution in [0.1, 0.15) is 29.3 Å². The third kappa shape index (κ3) is 3.53. The lowest BCUT2D eigenvalue weighted by molar-refractivity contribution is -0.138. The first-order valence-electron chi connectivity index (χ1n) is 9.63. The number of carbonyl (C=O) groups is 1. The van der Waals surface area contributed by atoms with Crippen molar-refractivity contribution in [3.8, 4) is 11.5 Å².